The van der Waals surface area contributed by atoms with Crippen LogP contribution in [0.3, 0.4) is 0 Å². The minimum Gasteiger partial charge on any atom is -0.478 e. The Labute approximate surface area is 157 Å². The third kappa shape index (κ3) is 5.44. The predicted molar refractivity (Wildman–Crippen MR) is 101 cm³/mol. The van der Waals surface area contributed by atoms with E-state index in [1.54, 1.807) is 25.1 Å². The summed E-state index contributed by atoms with van der Waals surface area (Å²) in [6.07, 6.45) is 0.433. The Balaban J connectivity index is 2.00. The summed E-state index contributed by atoms with van der Waals surface area (Å²) >= 11 is 0. The second kappa shape index (κ2) is 8.53. The number of aromatic carboxylic acids is 1. The number of benzene rings is 1. The van der Waals surface area contributed by atoms with E-state index in [1.807, 2.05) is 20.8 Å². The number of hydrogen-bond acceptors (Lipinski definition) is 4. The van der Waals surface area contributed by atoms with Gasteiger partial charge in [-0.15, -0.1) is 0 Å². The first kappa shape index (κ1) is 20.2. The molecule has 2 rings (SSSR count). The fraction of sp³-hybridized carbons (Fsp3) is 0.350. The molecule has 1 heterocycles. The molecule has 7 nitrogen and oxygen atoms in total. The summed E-state index contributed by atoms with van der Waals surface area (Å²) < 4.78 is 5.34. The van der Waals surface area contributed by atoms with Crippen LogP contribution in [0.5, 0.6) is 0 Å². The van der Waals surface area contributed by atoms with Gasteiger partial charge in [0.1, 0.15) is 17.1 Å². The molecule has 2 amide bonds. The van der Waals surface area contributed by atoms with E-state index >= 15 is 0 Å². The molecule has 0 aliphatic carbocycles. The fourth-order valence-corrected chi connectivity index (χ4v) is 2.63. The highest BCUT2D eigenvalue weighted by atomic mass is 16.4. The molecule has 0 bridgehead atoms. The first-order chi connectivity index (χ1) is 12.7. The zero-order chi connectivity index (χ0) is 20.1. The van der Waals surface area contributed by atoms with Crippen molar-refractivity contribution in [2.24, 2.45) is 5.92 Å². The minimum absolute atomic E-state index is 0.0623. The Morgan fingerprint density at radius 2 is 1.85 bits per heavy atom. The Hall–Kier alpha value is -3.09. The quantitative estimate of drug-likeness (QED) is 0.689. The number of anilines is 1. The van der Waals surface area contributed by atoms with E-state index in [0.717, 1.165) is 5.56 Å². The lowest BCUT2D eigenvalue weighted by atomic mass is 10.1. The first-order valence-electron chi connectivity index (χ1n) is 8.68. The van der Waals surface area contributed by atoms with Crippen LogP contribution in [-0.2, 0) is 11.3 Å². The molecular weight excluding hydrogens is 348 g/mol. The van der Waals surface area contributed by atoms with Crippen molar-refractivity contribution in [1.82, 2.24) is 5.32 Å². The highest BCUT2D eigenvalue weighted by Gasteiger charge is 2.15. The van der Waals surface area contributed by atoms with Gasteiger partial charge in [0.05, 0.1) is 6.54 Å². The molecule has 7 heteroatoms. The third-order valence-electron chi connectivity index (χ3n) is 3.98. The summed E-state index contributed by atoms with van der Waals surface area (Å²) in [5.41, 5.74) is 1.97. The molecule has 144 valence electrons. The van der Waals surface area contributed by atoms with E-state index in [-0.39, 0.29) is 29.8 Å². The maximum atomic E-state index is 12.3. The fourth-order valence-electron chi connectivity index (χ4n) is 2.63. The van der Waals surface area contributed by atoms with Crippen LogP contribution in [0.4, 0.5) is 5.69 Å². The summed E-state index contributed by atoms with van der Waals surface area (Å²) in [7, 11) is 0. The van der Waals surface area contributed by atoms with Crippen LogP contribution < -0.4 is 10.6 Å². The second-order valence-electron chi connectivity index (χ2n) is 6.85. The molecule has 0 fully saturated rings. The lowest BCUT2D eigenvalue weighted by Gasteiger charge is -2.11. The van der Waals surface area contributed by atoms with Gasteiger partial charge in [-0.05, 0) is 49.6 Å². The molecule has 0 spiro atoms. The molecule has 0 radical (unpaired) electrons. The number of hydrogen-bond donors (Lipinski definition) is 3. The van der Waals surface area contributed by atoms with Crippen molar-refractivity contribution < 1.29 is 23.9 Å². The Morgan fingerprint density at radius 3 is 2.41 bits per heavy atom. The Morgan fingerprint density at radius 1 is 1.15 bits per heavy atom. The number of carbonyl (C=O) groups excluding carboxylic acids is 2. The number of carbonyl (C=O) groups is 3. The van der Waals surface area contributed by atoms with Gasteiger partial charge < -0.3 is 20.2 Å². The van der Waals surface area contributed by atoms with Gasteiger partial charge in [0.15, 0.2) is 0 Å². The number of nitrogens with one attached hydrogen (secondary N) is 2. The molecule has 0 saturated heterocycles. The molecule has 0 atom stereocenters. The van der Waals surface area contributed by atoms with Crippen molar-refractivity contribution in [3.63, 3.8) is 0 Å². The zero-order valence-corrected chi connectivity index (χ0v) is 15.9. The van der Waals surface area contributed by atoms with Gasteiger partial charge >= 0.3 is 5.97 Å². The van der Waals surface area contributed by atoms with Gasteiger partial charge in [-0.25, -0.2) is 4.79 Å². The van der Waals surface area contributed by atoms with Gasteiger partial charge in [-0.3, -0.25) is 9.59 Å². The maximum absolute atomic E-state index is 12.3. The van der Waals surface area contributed by atoms with Crippen LogP contribution in [0.1, 0.15) is 58.1 Å². The summed E-state index contributed by atoms with van der Waals surface area (Å²) in [5, 5.41) is 14.6. The molecule has 0 saturated carbocycles. The van der Waals surface area contributed by atoms with E-state index in [0.29, 0.717) is 29.2 Å². The number of rotatable bonds is 7. The van der Waals surface area contributed by atoms with Crippen molar-refractivity contribution in [1.29, 1.82) is 0 Å². The molecular formula is C20H24N2O5. The van der Waals surface area contributed by atoms with Gasteiger partial charge in [0, 0.05) is 17.7 Å². The second-order valence-corrected chi connectivity index (χ2v) is 6.85. The number of aryl methyl sites for hydroxylation is 2. The number of furan rings is 1. The maximum Gasteiger partial charge on any atom is 0.339 e. The molecule has 2 aromatic rings. The van der Waals surface area contributed by atoms with Crippen LogP contribution in [0, 0.1) is 19.8 Å². The molecule has 3 N–H and O–H groups in total. The van der Waals surface area contributed by atoms with Crippen LogP contribution in [-0.4, -0.2) is 22.9 Å². The minimum atomic E-state index is -1.07. The number of carboxylic acids is 1. The van der Waals surface area contributed by atoms with Crippen molar-refractivity contribution >= 4 is 23.5 Å². The van der Waals surface area contributed by atoms with Crippen molar-refractivity contribution in [2.75, 3.05) is 5.32 Å². The van der Waals surface area contributed by atoms with E-state index in [4.69, 9.17) is 9.52 Å². The standard InChI is InChI=1S/C20H24N2O5/c1-11(2)7-18(23)22-17-6-5-14(8-12(17)3)19(24)21-10-15-9-16(20(25)26)13(4)27-15/h5-6,8-9,11H,7,10H2,1-4H3,(H,21,24)(H,22,23)(H,25,26). The molecule has 27 heavy (non-hydrogen) atoms. The monoisotopic (exact) mass is 372 g/mol. The van der Waals surface area contributed by atoms with Crippen LogP contribution in [0.15, 0.2) is 28.7 Å². The average Bonchev–Trinajstić information content (AvgIpc) is 2.95. The summed E-state index contributed by atoms with van der Waals surface area (Å²) in [6, 6.07) is 6.42. The zero-order valence-electron chi connectivity index (χ0n) is 15.9. The Kier molecular flexibility index (Phi) is 6.39. The lowest BCUT2D eigenvalue weighted by Crippen LogP contribution is -2.23. The molecule has 1 aromatic heterocycles. The number of carboxylic acid groups (broad SMARTS) is 1. The SMILES string of the molecule is Cc1cc(C(=O)NCc2cc(C(=O)O)c(C)o2)ccc1NC(=O)CC(C)C. The normalized spacial score (nSPS) is 10.7. The Bertz CT molecular complexity index is 867. The largest absolute Gasteiger partial charge is 0.478 e. The van der Waals surface area contributed by atoms with Crippen molar-refractivity contribution in [3.8, 4) is 0 Å². The van der Waals surface area contributed by atoms with Gasteiger partial charge in [0.2, 0.25) is 5.91 Å². The average molecular weight is 372 g/mol. The van der Waals surface area contributed by atoms with E-state index < -0.39 is 5.97 Å². The van der Waals surface area contributed by atoms with E-state index in [2.05, 4.69) is 10.6 Å². The van der Waals surface area contributed by atoms with Gasteiger partial charge in [-0.2, -0.15) is 0 Å². The molecule has 1 aromatic carbocycles. The van der Waals surface area contributed by atoms with Crippen LogP contribution in [0.25, 0.3) is 0 Å². The lowest BCUT2D eigenvalue weighted by molar-refractivity contribution is -0.116. The number of amides is 2. The van der Waals surface area contributed by atoms with Crippen LogP contribution in [0.2, 0.25) is 0 Å². The smallest absolute Gasteiger partial charge is 0.339 e. The van der Waals surface area contributed by atoms with Crippen molar-refractivity contribution in [3.05, 3.63) is 52.5 Å². The summed E-state index contributed by atoms with van der Waals surface area (Å²) in [4.78, 5) is 35.2. The highest BCUT2D eigenvalue weighted by molar-refractivity contribution is 5.96. The molecule has 0 aliphatic heterocycles. The van der Waals surface area contributed by atoms with Gasteiger partial charge in [0.25, 0.3) is 5.91 Å². The third-order valence-corrected chi connectivity index (χ3v) is 3.98. The summed E-state index contributed by atoms with van der Waals surface area (Å²) in [6.45, 7) is 7.40. The first-order valence-corrected chi connectivity index (χ1v) is 8.68. The summed E-state index contributed by atoms with van der Waals surface area (Å²) in [5.74, 6) is -0.518. The van der Waals surface area contributed by atoms with E-state index in [1.165, 1.54) is 6.07 Å². The van der Waals surface area contributed by atoms with Gasteiger partial charge in [-0.1, -0.05) is 13.8 Å². The van der Waals surface area contributed by atoms with Crippen molar-refractivity contribution in [2.45, 2.75) is 40.7 Å². The van der Waals surface area contributed by atoms with E-state index in [9.17, 15) is 14.4 Å². The van der Waals surface area contributed by atoms with Crippen LogP contribution >= 0.6 is 0 Å². The highest BCUT2D eigenvalue weighted by Crippen LogP contribution is 2.18. The predicted octanol–water partition coefficient (Wildman–Crippen LogP) is 3.51. The molecule has 0 aliphatic rings. The molecule has 0 unspecified atom stereocenters. The topological polar surface area (TPSA) is 109 Å².